The summed E-state index contributed by atoms with van der Waals surface area (Å²) in [4.78, 5) is 28.9. The van der Waals surface area contributed by atoms with Crippen molar-refractivity contribution in [2.45, 2.75) is 6.92 Å². The van der Waals surface area contributed by atoms with Crippen molar-refractivity contribution in [3.05, 3.63) is 23.2 Å². The molecular formula is C7H6ClN3O2. The van der Waals surface area contributed by atoms with Crippen LogP contribution in [0.1, 0.15) is 17.4 Å². The lowest BCUT2D eigenvalue weighted by Gasteiger charge is -1.98. The Morgan fingerprint density at radius 1 is 1.46 bits per heavy atom. The van der Waals surface area contributed by atoms with Crippen molar-refractivity contribution in [2.75, 3.05) is 0 Å². The van der Waals surface area contributed by atoms with Crippen LogP contribution in [0.15, 0.2) is 12.4 Å². The molecular weight excluding hydrogens is 194 g/mol. The second-order valence-electron chi connectivity index (χ2n) is 2.24. The first-order valence-electron chi connectivity index (χ1n) is 3.39. The molecule has 1 aromatic heterocycles. The summed E-state index contributed by atoms with van der Waals surface area (Å²) in [6, 6.07) is 0. The largest absolute Gasteiger partial charge is 0.291 e. The number of rotatable bonds is 1. The van der Waals surface area contributed by atoms with Crippen LogP contribution in [0.5, 0.6) is 0 Å². The third-order valence-electron chi connectivity index (χ3n) is 1.13. The summed E-state index contributed by atoms with van der Waals surface area (Å²) in [5, 5.41) is 2.15. The van der Waals surface area contributed by atoms with Crippen LogP contribution in [-0.4, -0.2) is 21.8 Å². The first kappa shape index (κ1) is 9.60. The normalized spacial score (nSPS) is 9.38. The van der Waals surface area contributed by atoms with Gasteiger partial charge in [-0.2, -0.15) is 0 Å². The van der Waals surface area contributed by atoms with Crippen molar-refractivity contribution in [1.29, 1.82) is 0 Å². The number of imide groups is 1. The van der Waals surface area contributed by atoms with E-state index in [1.54, 1.807) is 0 Å². The van der Waals surface area contributed by atoms with Gasteiger partial charge in [-0.15, -0.1) is 0 Å². The summed E-state index contributed by atoms with van der Waals surface area (Å²) in [5.41, 5.74) is 0.0164. The molecule has 5 nitrogen and oxygen atoms in total. The van der Waals surface area contributed by atoms with E-state index in [0.717, 1.165) is 0 Å². The summed E-state index contributed by atoms with van der Waals surface area (Å²) in [7, 11) is 0. The zero-order valence-electron chi connectivity index (χ0n) is 6.74. The van der Waals surface area contributed by atoms with Gasteiger partial charge in [0.25, 0.3) is 5.91 Å². The maximum Gasteiger partial charge on any atom is 0.278 e. The summed E-state index contributed by atoms with van der Waals surface area (Å²) in [5.74, 6) is -1.06. The standard InChI is InChI=1S/C7H6ClN3O2/c1-4(12)10-7(13)5-2-9-3-6(8)11-5/h2-3H,1H3,(H,10,12,13). The summed E-state index contributed by atoms with van der Waals surface area (Å²) in [6.07, 6.45) is 2.52. The van der Waals surface area contributed by atoms with Gasteiger partial charge in [0, 0.05) is 6.92 Å². The number of nitrogens with one attached hydrogen (secondary N) is 1. The van der Waals surface area contributed by atoms with E-state index in [-0.39, 0.29) is 10.8 Å². The van der Waals surface area contributed by atoms with Crippen molar-refractivity contribution >= 4 is 23.4 Å². The van der Waals surface area contributed by atoms with Gasteiger partial charge in [-0.1, -0.05) is 11.6 Å². The first-order chi connectivity index (χ1) is 6.09. The van der Waals surface area contributed by atoms with E-state index in [1.807, 2.05) is 5.32 Å². The molecule has 0 unspecified atom stereocenters. The molecule has 0 aliphatic carbocycles. The van der Waals surface area contributed by atoms with Gasteiger partial charge in [0.2, 0.25) is 5.91 Å². The predicted octanol–water partition coefficient (Wildman–Crippen LogP) is 0.406. The number of carbonyl (C=O) groups excluding carboxylic acids is 2. The van der Waals surface area contributed by atoms with Crippen molar-refractivity contribution < 1.29 is 9.59 Å². The molecule has 0 spiro atoms. The zero-order chi connectivity index (χ0) is 9.84. The molecule has 0 atom stereocenters. The van der Waals surface area contributed by atoms with E-state index in [9.17, 15) is 9.59 Å². The average molecular weight is 200 g/mol. The molecule has 0 aliphatic rings. The van der Waals surface area contributed by atoms with Gasteiger partial charge in [0.1, 0.15) is 10.8 Å². The molecule has 1 rings (SSSR count). The van der Waals surface area contributed by atoms with Crippen LogP contribution in [0.3, 0.4) is 0 Å². The monoisotopic (exact) mass is 199 g/mol. The van der Waals surface area contributed by atoms with Crippen molar-refractivity contribution in [3.63, 3.8) is 0 Å². The minimum absolute atomic E-state index is 0.0164. The molecule has 68 valence electrons. The third-order valence-corrected chi connectivity index (χ3v) is 1.31. The Morgan fingerprint density at radius 3 is 2.69 bits per heavy atom. The fourth-order valence-corrected chi connectivity index (χ4v) is 0.823. The topological polar surface area (TPSA) is 72.0 Å². The van der Waals surface area contributed by atoms with E-state index in [2.05, 4.69) is 9.97 Å². The Bertz CT molecular complexity index is 353. The second kappa shape index (κ2) is 3.95. The van der Waals surface area contributed by atoms with Gasteiger partial charge in [-0.3, -0.25) is 19.9 Å². The zero-order valence-corrected chi connectivity index (χ0v) is 7.50. The lowest BCUT2D eigenvalue weighted by Crippen LogP contribution is -2.28. The Kier molecular flexibility index (Phi) is 2.92. The molecule has 0 aliphatic heterocycles. The Labute approximate surface area is 79.1 Å². The number of hydrogen-bond acceptors (Lipinski definition) is 4. The number of amides is 2. The van der Waals surface area contributed by atoms with Crippen LogP contribution in [0.25, 0.3) is 0 Å². The highest BCUT2D eigenvalue weighted by molar-refractivity contribution is 6.29. The predicted molar refractivity (Wildman–Crippen MR) is 45.2 cm³/mol. The van der Waals surface area contributed by atoms with Crippen molar-refractivity contribution in [2.24, 2.45) is 0 Å². The quantitative estimate of drug-likeness (QED) is 0.711. The molecule has 0 radical (unpaired) electrons. The van der Waals surface area contributed by atoms with E-state index in [4.69, 9.17) is 11.6 Å². The molecule has 13 heavy (non-hydrogen) atoms. The lowest BCUT2D eigenvalue weighted by atomic mass is 10.4. The highest BCUT2D eigenvalue weighted by Crippen LogP contribution is 2.01. The SMILES string of the molecule is CC(=O)NC(=O)c1cncc(Cl)n1. The van der Waals surface area contributed by atoms with Gasteiger partial charge < -0.3 is 0 Å². The summed E-state index contributed by atoms with van der Waals surface area (Å²) in [6.45, 7) is 1.23. The van der Waals surface area contributed by atoms with Crippen molar-refractivity contribution in [1.82, 2.24) is 15.3 Å². The molecule has 0 saturated heterocycles. The number of hydrogen-bond donors (Lipinski definition) is 1. The van der Waals surface area contributed by atoms with Gasteiger partial charge in [0.15, 0.2) is 0 Å². The fourth-order valence-electron chi connectivity index (χ4n) is 0.675. The molecule has 0 bridgehead atoms. The van der Waals surface area contributed by atoms with E-state index in [0.29, 0.717) is 0 Å². The molecule has 2 amide bonds. The molecule has 0 fully saturated rings. The number of halogens is 1. The molecule has 0 aromatic carbocycles. The summed E-state index contributed by atoms with van der Waals surface area (Å²) >= 11 is 5.49. The van der Waals surface area contributed by atoms with E-state index in [1.165, 1.54) is 19.3 Å². The van der Waals surface area contributed by atoms with Gasteiger partial charge in [-0.05, 0) is 0 Å². The maximum absolute atomic E-state index is 11.1. The molecule has 1 heterocycles. The molecule has 6 heteroatoms. The number of carbonyl (C=O) groups is 2. The highest BCUT2D eigenvalue weighted by Gasteiger charge is 2.08. The molecule has 1 aromatic rings. The van der Waals surface area contributed by atoms with Crippen molar-refractivity contribution in [3.8, 4) is 0 Å². The van der Waals surface area contributed by atoms with E-state index >= 15 is 0 Å². The van der Waals surface area contributed by atoms with Gasteiger partial charge >= 0.3 is 0 Å². The van der Waals surface area contributed by atoms with Gasteiger partial charge in [-0.25, -0.2) is 4.98 Å². The van der Waals surface area contributed by atoms with Crippen LogP contribution < -0.4 is 5.32 Å². The number of aromatic nitrogens is 2. The number of nitrogens with zero attached hydrogens (tertiary/aromatic N) is 2. The molecule has 0 saturated carbocycles. The van der Waals surface area contributed by atoms with Crippen LogP contribution >= 0.6 is 11.6 Å². The maximum atomic E-state index is 11.1. The average Bonchev–Trinajstić information content (AvgIpc) is 2.03. The first-order valence-corrected chi connectivity index (χ1v) is 3.77. The summed E-state index contributed by atoms with van der Waals surface area (Å²) < 4.78 is 0. The lowest BCUT2D eigenvalue weighted by molar-refractivity contribution is -0.118. The minimum Gasteiger partial charge on any atom is -0.291 e. The Hall–Kier alpha value is -1.49. The minimum atomic E-state index is -0.609. The third kappa shape index (κ3) is 2.79. The van der Waals surface area contributed by atoms with Crippen LogP contribution in [-0.2, 0) is 4.79 Å². The fraction of sp³-hybridized carbons (Fsp3) is 0.143. The Balaban J connectivity index is 2.83. The smallest absolute Gasteiger partial charge is 0.278 e. The van der Waals surface area contributed by atoms with Crippen LogP contribution in [0.4, 0.5) is 0 Å². The van der Waals surface area contributed by atoms with Crippen LogP contribution in [0, 0.1) is 0 Å². The highest BCUT2D eigenvalue weighted by atomic mass is 35.5. The second-order valence-corrected chi connectivity index (χ2v) is 2.62. The Morgan fingerprint density at radius 2 is 2.15 bits per heavy atom. The molecule has 1 N–H and O–H groups in total. The van der Waals surface area contributed by atoms with Crippen LogP contribution in [0.2, 0.25) is 5.15 Å². The van der Waals surface area contributed by atoms with E-state index < -0.39 is 11.8 Å². The van der Waals surface area contributed by atoms with Gasteiger partial charge in [0.05, 0.1) is 12.4 Å².